The quantitative estimate of drug-likeness (QED) is 0.824. The van der Waals surface area contributed by atoms with Crippen LogP contribution in [0.15, 0.2) is 23.6 Å². The van der Waals surface area contributed by atoms with Crippen LogP contribution in [0.25, 0.3) is 0 Å². The third kappa shape index (κ3) is 3.07. The predicted molar refractivity (Wildman–Crippen MR) is 58.9 cm³/mol. The Morgan fingerprint density at radius 2 is 2.40 bits per heavy atom. The summed E-state index contributed by atoms with van der Waals surface area (Å²) in [4.78, 5) is 7.98. The molecule has 0 amide bonds. The lowest BCUT2D eigenvalue weighted by atomic mass is 10.1. The average molecular weight is 225 g/mol. The van der Waals surface area contributed by atoms with E-state index in [1.807, 2.05) is 0 Å². The Morgan fingerprint density at radius 1 is 1.47 bits per heavy atom. The van der Waals surface area contributed by atoms with Gasteiger partial charge in [-0.25, -0.2) is 4.98 Å². The van der Waals surface area contributed by atoms with Crippen molar-refractivity contribution >= 4 is 10.8 Å². The highest BCUT2D eigenvalue weighted by atomic mass is 32.2. The van der Waals surface area contributed by atoms with Crippen molar-refractivity contribution in [3.63, 3.8) is 0 Å². The van der Waals surface area contributed by atoms with E-state index in [0.717, 1.165) is 13.0 Å². The standard InChI is InChI=1S/C10H15N3OS/c14-15(10-7-11-5-6-13-10)8-9-3-1-2-4-12-9/h5-7,9,12H,1-4,8H2/t9-,15-/m1/s1. The Hall–Kier alpha value is -0.810. The van der Waals surface area contributed by atoms with Crippen LogP contribution < -0.4 is 5.32 Å². The molecule has 0 aromatic carbocycles. The van der Waals surface area contributed by atoms with Crippen LogP contribution in [0.5, 0.6) is 0 Å². The Labute approximate surface area is 92.0 Å². The smallest absolute Gasteiger partial charge is 0.145 e. The van der Waals surface area contributed by atoms with Crippen LogP contribution in [0.4, 0.5) is 0 Å². The number of hydrogen-bond acceptors (Lipinski definition) is 4. The van der Waals surface area contributed by atoms with E-state index in [2.05, 4.69) is 15.3 Å². The average Bonchev–Trinajstić information content (AvgIpc) is 2.31. The first-order valence-corrected chi connectivity index (χ1v) is 6.56. The largest absolute Gasteiger partial charge is 0.313 e. The van der Waals surface area contributed by atoms with Crippen LogP contribution in [0.3, 0.4) is 0 Å². The minimum atomic E-state index is -1.02. The summed E-state index contributed by atoms with van der Waals surface area (Å²) in [6, 6.07) is 0.376. The zero-order chi connectivity index (χ0) is 10.5. The maximum atomic E-state index is 11.9. The first-order valence-electron chi connectivity index (χ1n) is 5.24. The Balaban J connectivity index is 1.91. The van der Waals surface area contributed by atoms with Gasteiger partial charge in [-0.2, -0.15) is 0 Å². The van der Waals surface area contributed by atoms with Crippen LogP contribution >= 0.6 is 0 Å². The highest BCUT2D eigenvalue weighted by molar-refractivity contribution is 7.85. The van der Waals surface area contributed by atoms with Crippen molar-refractivity contribution in [2.24, 2.45) is 0 Å². The lowest BCUT2D eigenvalue weighted by Gasteiger charge is -2.22. The summed E-state index contributed by atoms with van der Waals surface area (Å²) in [5.74, 6) is 0.651. The van der Waals surface area contributed by atoms with Gasteiger partial charge < -0.3 is 5.32 Å². The van der Waals surface area contributed by atoms with Gasteiger partial charge in [0, 0.05) is 24.2 Å². The topological polar surface area (TPSA) is 54.9 Å². The fourth-order valence-corrected chi connectivity index (χ4v) is 2.91. The van der Waals surface area contributed by atoms with Gasteiger partial charge in [-0.15, -0.1) is 0 Å². The van der Waals surface area contributed by atoms with E-state index in [1.165, 1.54) is 12.8 Å². The second kappa shape index (κ2) is 5.32. The van der Waals surface area contributed by atoms with Crippen LogP contribution in [-0.2, 0) is 10.8 Å². The molecule has 0 saturated carbocycles. The molecular formula is C10H15N3OS. The van der Waals surface area contributed by atoms with E-state index in [1.54, 1.807) is 18.6 Å². The Kier molecular flexibility index (Phi) is 3.80. The van der Waals surface area contributed by atoms with Gasteiger partial charge in [-0.3, -0.25) is 9.19 Å². The SMILES string of the molecule is O=[S@](C[C@H]1CCCCN1)c1cnccn1. The summed E-state index contributed by atoms with van der Waals surface area (Å²) in [5, 5.41) is 3.97. The molecule has 1 fully saturated rings. The maximum absolute atomic E-state index is 11.9. The summed E-state index contributed by atoms with van der Waals surface area (Å²) >= 11 is 0. The highest BCUT2D eigenvalue weighted by Crippen LogP contribution is 2.10. The number of nitrogens with zero attached hydrogens (tertiary/aromatic N) is 2. The lowest BCUT2D eigenvalue weighted by Crippen LogP contribution is -2.38. The minimum Gasteiger partial charge on any atom is -0.313 e. The van der Waals surface area contributed by atoms with Gasteiger partial charge in [-0.05, 0) is 19.4 Å². The third-order valence-electron chi connectivity index (χ3n) is 2.54. The molecule has 0 bridgehead atoms. The Morgan fingerprint density at radius 3 is 3.07 bits per heavy atom. The number of nitrogens with one attached hydrogen (secondary N) is 1. The van der Waals surface area contributed by atoms with E-state index < -0.39 is 10.8 Å². The van der Waals surface area contributed by atoms with Crippen molar-refractivity contribution in [2.75, 3.05) is 12.3 Å². The normalized spacial score (nSPS) is 23.6. The molecule has 1 aromatic heterocycles. The van der Waals surface area contributed by atoms with Crippen LogP contribution in [0.2, 0.25) is 0 Å². The van der Waals surface area contributed by atoms with Gasteiger partial charge in [0.2, 0.25) is 0 Å². The molecule has 0 radical (unpaired) electrons. The number of aromatic nitrogens is 2. The van der Waals surface area contributed by atoms with Crippen molar-refractivity contribution in [1.29, 1.82) is 0 Å². The minimum absolute atomic E-state index is 0.376. The predicted octanol–water partition coefficient (Wildman–Crippen LogP) is 0.726. The third-order valence-corrected chi connectivity index (χ3v) is 3.92. The van der Waals surface area contributed by atoms with Crippen molar-refractivity contribution in [2.45, 2.75) is 30.3 Å². The molecule has 1 aromatic rings. The first-order chi connectivity index (χ1) is 7.36. The van der Waals surface area contributed by atoms with E-state index in [9.17, 15) is 4.21 Å². The van der Waals surface area contributed by atoms with E-state index in [4.69, 9.17) is 0 Å². The van der Waals surface area contributed by atoms with Crippen LogP contribution in [-0.4, -0.2) is 32.5 Å². The Bertz CT molecular complexity index is 325. The second-order valence-corrected chi connectivity index (χ2v) is 5.15. The van der Waals surface area contributed by atoms with Gasteiger partial charge in [0.15, 0.2) is 0 Å². The molecule has 15 heavy (non-hydrogen) atoms. The monoisotopic (exact) mass is 225 g/mol. The van der Waals surface area contributed by atoms with Crippen LogP contribution in [0.1, 0.15) is 19.3 Å². The van der Waals surface area contributed by atoms with Gasteiger partial charge in [0.05, 0.1) is 17.0 Å². The summed E-state index contributed by atoms with van der Waals surface area (Å²) in [6.45, 7) is 1.04. The van der Waals surface area contributed by atoms with Crippen molar-refractivity contribution in [3.8, 4) is 0 Å². The second-order valence-electron chi connectivity index (χ2n) is 3.70. The molecule has 0 aliphatic carbocycles. The molecule has 1 saturated heterocycles. The molecule has 2 heterocycles. The molecule has 2 rings (SSSR count). The van der Waals surface area contributed by atoms with Crippen molar-refractivity contribution < 1.29 is 4.21 Å². The zero-order valence-electron chi connectivity index (χ0n) is 8.56. The fourth-order valence-electron chi connectivity index (χ4n) is 1.74. The van der Waals surface area contributed by atoms with Gasteiger partial charge >= 0.3 is 0 Å². The van der Waals surface area contributed by atoms with Gasteiger partial charge in [0.25, 0.3) is 0 Å². The zero-order valence-corrected chi connectivity index (χ0v) is 9.37. The van der Waals surface area contributed by atoms with E-state index in [0.29, 0.717) is 16.8 Å². The molecule has 1 aliphatic heterocycles. The fraction of sp³-hybridized carbons (Fsp3) is 0.600. The molecule has 4 nitrogen and oxygen atoms in total. The highest BCUT2D eigenvalue weighted by Gasteiger charge is 2.16. The lowest BCUT2D eigenvalue weighted by molar-refractivity contribution is 0.427. The van der Waals surface area contributed by atoms with Gasteiger partial charge in [-0.1, -0.05) is 6.42 Å². The molecule has 1 aliphatic rings. The number of hydrogen-bond donors (Lipinski definition) is 1. The van der Waals surface area contributed by atoms with Crippen molar-refractivity contribution in [1.82, 2.24) is 15.3 Å². The molecule has 82 valence electrons. The van der Waals surface area contributed by atoms with Crippen LogP contribution in [0, 0.1) is 0 Å². The van der Waals surface area contributed by atoms with E-state index in [-0.39, 0.29) is 0 Å². The van der Waals surface area contributed by atoms with Gasteiger partial charge in [0.1, 0.15) is 5.03 Å². The molecule has 5 heteroatoms. The molecular weight excluding hydrogens is 210 g/mol. The number of piperidine rings is 1. The molecule has 0 unspecified atom stereocenters. The van der Waals surface area contributed by atoms with E-state index >= 15 is 0 Å². The summed E-state index contributed by atoms with van der Waals surface area (Å²) in [5.41, 5.74) is 0. The molecule has 2 atom stereocenters. The molecule has 1 N–H and O–H groups in total. The number of rotatable bonds is 3. The van der Waals surface area contributed by atoms with Crippen molar-refractivity contribution in [3.05, 3.63) is 18.6 Å². The summed E-state index contributed by atoms with van der Waals surface area (Å²) in [6.07, 6.45) is 8.34. The first kappa shape index (κ1) is 10.7. The maximum Gasteiger partial charge on any atom is 0.145 e. The summed E-state index contributed by atoms with van der Waals surface area (Å²) < 4.78 is 11.9. The summed E-state index contributed by atoms with van der Waals surface area (Å²) in [7, 11) is -1.02. The molecule has 0 spiro atoms.